The minimum absolute atomic E-state index is 0.519. The fourth-order valence-electron chi connectivity index (χ4n) is 3.52. The molecule has 2 aliphatic heterocycles. The summed E-state index contributed by atoms with van der Waals surface area (Å²) in [6.45, 7) is 8.45. The van der Waals surface area contributed by atoms with Crippen LogP contribution in [0.5, 0.6) is 5.75 Å². The molecular formula is C20H28N6O2. The molecule has 4 rings (SSSR count). The molecule has 8 heteroatoms. The summed E-state index contributed by atoms with van der Waals surface area (Å²) < 4.78 is 11.2. The molecule has 2 N–H and O–H groups in total. The maximum atomic E-state index is 6.06. The lowest BCUT2D eigenvalue weighted by Crippen LogP contribution is -2.48. The average molecular weight is 384 g/mol. The summed E-state index contributed by atoms with van der Waals surface area (Å²) in [5, 5.41) is 0. The SMILES string of the molecule is Nc1cc(N2CCN(CCOc3ccccc3)CC2)nc(N2CCOCC2)n1. The number of nitrogens with two attached hydrogens (primary N) is 1. The van der Waals surface area contributed by atoms with Crippen molar-refractivity contribution in [2.45, 2.75) is 0 Å². The molecular weight excluding hydrogens is 356 g/mol. The van der Waals surface area contributed by atoms with Gasteiger partial charge in [0.05, 0.1) is 13.2 Å². The Labute approximate surface area is 165 Å². The van der Waals surface area contributed by atoms with Crippen LogP contribution >= 0.6 is 0 Å². The first-order valence-electron chi connectivity index (χ1n) is 9.90. The first kappa shape index (κ1) is 18.8. The third-order valence-corrected chi connectivity index (χ3v) is 5.13. The number of nitrogen functional groups attached to an aromatic ring is 1. The zero-order valence-electron chi connectivity index (χ0n) is 16.2. The van der Waals surface area contributed by atoms with E-state index in [1.807, 2.05) is 36.4 Å². The third kappa shape index (κ3) is 4.82. The van der Waals surface area contributed by atoms with E-state index < -0.39 is 0 Å². The average Bonchev–Trinajstić information content (AvgIpc) is 2.75. The molecule has 8 nitrogen and oxygen atoms in total. The molecule has 0 bridgehead atoms. The smallest absolute Gasteiger partial charge is 0.229 e. The lowest BCUT2D eigenvalue weighted by atomic mass is 10.3. The van der Waals surface area contributed by atoms with Crippen molar-refractivity contribution in [3.8, 4) is 5.75 Å². The number of ether oxygens (including phenoxy) is 2. The molecule has 28 heavy (non-hydrogen) atoms. The van der Waals surface area contributed by atoms with Gasteiger partial charge in [-0.05, 0) is 12.1 Å². The van der Waals surface area contributed by atoms with Crippen molar-refractivity contribution in [2.75, 3.05) is 81.2 Å². The molecule has 2 saturated heterocycles. The van der Waals surface area contributed by atoms with Gasteiger partial charge in [0.1, 0.15) is 24.0 Å². The molecule has 3 heterocycles. The molecule has 150 valence electrons. The van der Waals surface area contributed by atoms with Gasteiger partial charge in [0.25, 0.3) is 0 Å². The van der Waals surface area contributed by atoms with Crippen LogP contribution < -0.4 is 20.3 Å². The van der Waals surface area contributed by atoms with Crippen LogP contribution in [0.1, 0.15) is 0 Å². The fraction of sp³-hybridized carbons (Fsp3) is 0.500. The van der Waals surface area contributed by atoms with Crippen LogP contribution in [0.2, 0.25) is 0 Å². The van der Waals surface area contributed by atoms with Gasteiger partial charge in [-0.2, -0.15) is 9.97 Å². The normalized spacial score (nSPS) is 18.3. The number of benzene rings is 1. The molecule has 1 aromatic heterocycles. The summed E-state index contributed by atoms with van der Waals surface area (Å²) in [6, 6.07) is 11.8. The van der Waals surface area contributed by atoms with E-state index in [1.54, 1.807) is 0 Å². The van der Waals surface area contributed by atoms with Gasteiger partial charge in [-0.1, -0.05) is 18.2 Å². The molecule has 0 spiro atoms. The van der Waals surface area contributed by atoms with E-state index in [4.69, 9.17) is 20.2 Å². The van der Waals surface area contributed by atoms with Crippen LogP contribution in [0, 0.1) is 0 Å². The summed E-state index contributed by atoms with van der Waals surface area (Å²) in [6.07, 6.45) is 0. The monoisotopic (exact) mass is 384 g/mol. The lowest BCUT2D eigenvalue weighted by molar-refractivity contribution is 0.122. The number of hydrogen-bond donors (Lipinski definition) is 1. The van der Waals surface area contributed by atoms with Crippen LogP contribution in [0.25, 0.3) is 0 Å². The van der Waals surface area contributed by atoms with Crippen LogP contribution in [-0.2, 0) is 4.74 Å². The zero-order chi connectivity index (χ0) is 19.2. The molecule has 0 radical (unpaired) electrons. The highest BCUT2D eigenvalue weighted by Crippen LogP contribution is 2.21. The van der Waals surface area contributed by atoms with Gasteiger partial charge in [0, 0.05) is 51.9 Å². The molecule has 0 unspecified atom stereocenters. The van der Waals surface area contributed by atoms with Gasteiger partial charge in [-0.3, -0.25) is 4.90 Å². The van der Waals surface area contributed by atoms with Crippen molar-refractivity contribution < 1.29 is 9.47 Å². The maximum absolute atomic E-state index is 6.06. The number of morpholine rings is 1. The Hall–Kier alpha value is -2.58. The minimum Gasteiger partial charge on any atom is -0.492 e. The van der Waals surface area contributed by atoms with Crippen LogP contribution in [-0.4, -0.2) is 80.5 Å². The molecule has 0 atom stereocenters. The predicted octanol–water partition coefficient (Wildman–Crippen LogP) is 1.10. The highest BCUT2D eigenvalue weighted by Gasteiger charge is 2.21. The second-order valence-corrected chi connectivity index (χ2v) is 7.04. The Morgan fingerprint density at radius 3 is 2.43 bits per heavy atom. The van der Waals surface area contributed by atoms with Crippen molar-refractivity contribution in [3.63, 3.8) is 0 Å². The van der Waals surface area contributed by atoms with E-state index in [-0.39, 0.29) is 0 Å². The lowest BCUT2D eigenvalue weighted by Gasteiger charge is -2.36. The van der Waals surface area contributed by atoms with Crippen LogP contribution in [0.4, 0.5) is 17.6 Å². The number of para-hydroxylation sites is 1. The standard InChI is InChI=1S/C20H28N6O2/c21-18-16-19(23-20(22-18)26-11-13-27-14-12-26)25-8-6-24(7-9-25)10-15-28-17-4-2-1-3-5-17/h1-5,16H,6-15H2,(H2,21,22,23). The van der Waals surface area contributed by atoms with Crippen molar-refractivity contribution in [1.29, 1.82) is 0 Å². The van der Waals surface area contributed by atoms with Gasteiger partial charge < -0.3 is 25.0 Å². The number of aromatic nitrogens is 2. The zero-order valence-corrected chi connectivity index (χ0v) is 16.2. The highest BCUT2D eigenvalue weighted by atomic mass is 16.5. The van der Waals surface area contributed by atoms with E-state index in [2.05, 4.69) is 19.7 Å². The third-order valence-electron chi connectivity index (χ3n) is 5.13. The second kappa shape index (κ2) is 9.07. The van der Waals surface area contributed by atoms with Crippen molar-refractivity contribution >= 4 is 17.6 Å². The first-order chi connectivity index (χ1) is 13.8. The molecule has 0 aliphatic carbocycles. The van der Waals surface area contributed by atoms with Gasteiger partial charge in [0.15, 0.2) is 0 Å². The number of anilines is 3. The molecule has 0 saturated carbocycles. The molecule has 2 aromatic rings. The van der Waals surface area contributed by atoms with Crippen LogP contribution in [0.15, 0.2) is 36.4 Å². The molecule has 1 aromatic carbocycles. The number of rotatable bonds is 6. The van der Waals surface area contributed by atoms with Gasteiger partial charge in [0.2, 0.25) is 5.95 Å². The summed E-state index contributed by atoms with van der Waals surface area (Å²) >= 11 is 0. The quantitative estimate of drug-likeness (QED) is 0.793. The Kier molecular flexibility index (Phi) is 6.08. The van der Waals surface area contributed by atoms with Gasteiger partial charge in [-0.15, -0.1) is 0 Å². The van der Waals surface area contributed by atoms with Crippen molar-refractivity contribution in [1.82, 2.24) is 14.9 Å². The number of piperazine rings is 1. The van der Waals surface area contributed by atoms with E-state index in [9.17, 15) is 0 Å². The summed E-state index contributed by atoms with van der Waals surface area (Å²) in [5.74, 6) is 3.06. The highest BCUT2D eigenvalue weighted by molar-refractivity contribution is 5.52. The molecule has 2 aliphatic rings. The first-order valence-corrected chi connectivity index (χ1v) is 9.90. The van der Waals surface area contributed by atoms with E-state index >= 15 is 0 Å². The van der Waals surface area contributed by atoms with Gasteiger partial charge >= 0.3 is 0 Å². The second-order valence-electron chi connectivity index (χ2n) is 7.04. The van der Waals surface area contributed by atoms with Gasteiger partial charge in [-0.25, -0.2) is 0 Å². The Morgan fingerprint density at radius 1 is 0.929 bits per heavy atom. The van der Waals surface area contributed by atoms with E-state index in [0.717, 1.165) is 57.4 Å². The van der Waals surface area contributed by atoms with Crippen molar-refractivity contribution in [3.05, 3.63) is 36.4 Å². The topological polar surface area (TPSA) is 80.0 Å². The van der Waals surface area contributed by atoms with E-state index in [0.29, 0.717) is 31.6 Å². The summed E-state index contributed by atoms with van der Waals surface area (Å²) in [7, 11) is 0. The molecule has 0 amide bonds. The fourth-order valence-corrected chi connectivity index (χ4v) is 3.52. The molecule has 2 fully saturated rings. The minimum atomic E-state index is 0.519. The Balaban J connectivity index is 1.29. The number of hydrogen-bond acceptors (Lipinski definition) is 8. The summed E-state index contributed by atoms with van der Waals surface area (Å²) in [5.41, 5.74) is 6.06. The Morgan fingerprint density at radius 2 is 1.68 bits per heavy atom. The van der Waals surface area contributed by atoms with E-state index in [1.165, 1.54) is 0 Å². The van der Waals surface area contributed by atoms with Crippen molar-refractivity contribution in [2.24, 2.45) is 0 Å². The van der Waals surface area contributed by atoms with Crippen LogP contribution in [0.3, 0.4) is 0 Å². The summed E-state index contributed by atoms with van der Waals surface area (Å²) in [4.78, 5) is 16.0. The number of nitrogens with zero attached hydrogens (tertiary/aromatic N) is 5. The maximum Gasteiger partial charge on any atom is 0.229 e. The Bertz CT molecular complexity index is 746. The predicted molar refractivity (Wildman–Crippen MR) is 110 cm³/mol. The largest absolute Gasteiger partial charge is 0.492 e.